The number of hydrogen-bond donors (Lipinski definition) is 1. The van der Waals surface area contributed by atoms with Gasteiger partial charge in [0.05, 0.1) is 0 Å². The van der Waals surface area contributed by atoms with Crippen LogP contribution in [0.25, 0.3) is 0 Å². The topological polar surface area (TPSA) is 34.1 Å². The van der Waals surface area contributed by atoms with E-state index in [9.17, 15) is 30.4 Å². The minimum Gasteiger partial charge on any atom is -0.231 e. The molecule has 0 saturated carbocycles. The lowest BCUT2D eigenvalue weighted by Gasteiger charge is -2.30. The Bertz CT molecular complexity index is 257. The molecule has 0 spiro atoms. The van der Waals surface area contributed by atoms with E-state index in [1.807, 2.05) is 0 Å². The Morgan fingerprint density at radius 1 is 0.923 bits per heavy atom. The fourth-order valence-electron chi connectivity index (χ4n) is 0.462. The van der Waals surface area contributed by atoms with Crippen LogP contribution in [-0.2, 0) is 10.7 Å². The van der Waals surface area contributed by atoms with Crippen molar-refractivity contribution in [1.82, 2.24) is 0 Å². The van der Waals surface area contributed by atoms with Crippen molar-refractivity contribution >= 4 is 10.7 Å². The van der Waals surface area contributed by atoms with Crippen molar-refractivity contribution in [3.05, 3.63) is 0 Å². The Balaban J connectivity index is 5.28. The number of rotatable bonds is 2. The fraction of sp³-hybridized carbons (Fsp3) is 1.00. The maximum Gasteiger partial charge on any atom is 0.454 e. The van der Waals surface area contributed by atoms with E-state index in [0.29, 0.717) is 13.8 Å². The third kappa shape index (κ3) is 1.92. The van der Waals surface area contributed by atoms with Gasteiger partial charge in [0, 0.05) is 0 Å². The first kappa shape index (κ1) is 12.6. The average molecular weight is 226 g/mol. The minimum atomic E-state index is -5.86. The summed E-state index contributed by atoms with van der Waals surface area (Å²) < 4.78 is 77.1. The third-order valence-electron chi connectivity index (χ3n) is 1.58. The van der Waals surface area contributed by atoms with Gasteiger partial charge in [-0.3, -0.25) is 0 Å². The third-order valence-corrected chi connectivity index (χ3v) is 2.77. The molecule has 0 unspecified atom stereocenters. The molecule has 0 aromatic carbocycles. The molecule has 0 fully saturated rings. The quantitative estimate of drug-likeness (QED) is 0.573. The van der Waals surface area contributed by atoms with Crippen LogP contribution >= 0.6 is 0 Å². The molecule has 0 atom stereocenters. The van der Waals surface area contributed by atoms with Gasteiger partial charge < -0.3 is 0 Å². The maximum absolute atomic E-state index is 12.5. The molecule has 0 rings (SSSR count). The molecule has 0 bridgehead atoms. The molecule has 0 N–H and O–H groups in total. The number of hydrogen-bond acceptors (Lipinski definition) is 2. The van der Waals surface area contributed by atoms with Crippen molar-refractivity contribution < 1.29 is 30.4 Å². The molecular weight excluding hydrogens is 219 g/mol. The Labute approximate surface area is 72.7 Å². The first-order valence-electron chi connectivity index (χ1n) is 3.03. The smallest absolute Gasteiger partial charge is 0.231 e. The predicted octanol–water partition coefficient (Wildman–Crippen LogP) is 1.57. The van der Waals surface area contributed by atoms with E-state index in [1.165, 1.54) is 0 Å². The lowest BCUT2D eigenvalue weighted by atomic mass is 10.1. The van der Waals surface area contributed by atoms with E-state index in [-0.39, 0.29) is 0 Å². The Morgan fingerprint density at radius 2 is 1.23 bits per heavy atom. The molecule has 0 amide bonds. The summed E-state index contributed by atoms with van der Waals surface area (Å²) in [7, 11) is -3.87. The highest BCUT2D eigenvalue weighted by molar-refractivity contribution is 7.74. The molecule has 2 nitrogen and oxygen atoms in total. The van der Waals surface area contributed by atoms with E-state index in [1.54, 1.807) is 0 Å². The van der Waals surface area contributed by atoms with Crippen LogP contribution in [-0.4, -0.2) is 25.3 Å². The summed E-state index contributed by atoms with van der Waals surface area (Å²) >= 11 is 0. The van der Waals surface area contributed by atoms with Crippen molar-refractivity contribution in [3.8, 4) is 0 Å². The summed E-state index contributed by atoms with van der Waals surface area (Å²) in [5.41, 5.74) is 0. The zero-order valence-corrected chi connectivity index (χ0v) is 7.55. The largest absolute Gasteiger partial charge is 0.454 e. The molecule has 80 valence electrons. The van der Waals surface area contributed by atoms with Gasteiger partial charge in [0.15, 0.2) is 10.7 Å². The molecule has 0 saturated heterocycles. The van der Waals surface area contributed by atoms with Gasteiger partial charge in [-0.25, -0.2) is 8.42 Å². The molecule has 0 radical (unpaired) electrons. The minimum absolute atomic E-state index is 0.326. The zero-order valence-electron chi connectivity index (χ0n) is 6.65. The molecule has 0 aliphatic rings. The number of alkyl halides is 5. The van der Waals surface area contributed by atoms with Crippen molar-refractivity contribution in [2.45, 2.75) is 30.7 Å². The van der Waals surface area contributed by atoms with Crippen LogP contribution in [0.1, 0.15) is 13.8 Å². The molecule has 13 heavy (non-hydrogen) atoms. The van der Waals surface area contributed by atoms with Gasteiger partial charge in [-0.1, -0.05) is 0 Å². The predicted molar refractivity (Wildman–Crippen MR) is 35.4 cm³/mol. The highest BCUT2D eigenvalue weighted by Gasteiger charge is 2.68. The van der Waals surface area contributed by atoms with Gasteiger partial charge in [-0.2, -0.15) is 22.0 Å². The highest BCUT2D eigenvalue weighted by atomic mass is 32.2. The standard InChI is InChI=1S/C5H7F5O2S/c1-3(2,13(11)12)4(6,7)5(8,9)10/h13H,1-2H3. The Hall–Kier alpha value is -0.400. The van der Waals surface area contributed by atoms with Gasteiger partial charge in [0.1, 0.15) is 4.75 Å². The van der Waals surface area contributed by atoms with Gasteiger partial charge >= 0.3 is 12.1 Å². The average Bonchev–Trinajstić information content (AvgIpc) is 1.84. The maximum atomic E-state index is 12.5. The van der Waals surface area contributed by atoms with Gasteiger partial charge in [-0.05, 0) is 13.8 Å². The van der Waals surface area contributed by atoms with Crippen LogP contribution < -0.4 is 0 Å². The van der Waals surface area contributed by atoms with E-state index in [4.69, 9.17) is 0 Å². The van der Waals surface area contributed by atoms with E-state index >= 15 is 0 Å². The van der Waals surface area contributed by atoms with Crippen LogP contribution in [0.4, 0.5) is 22.0 Å². The van der Waals surface area contributed by atoms with E-state index in [0.717, 1.165) is 0 Å². The summed E-state index contributed by atoms with van der Waals surface area (Å²) in [5, 5.41) is 0. The highest BCUT2D eigenvalue weighted by Crippen LogP contribution is 2.44. The SMILES string of the molecule is CC(C)([SH](=O)=O)C(F)(F)C(F)(F)F. The summed E-state index contributed by atoms with van der Waals surface area (Å²) in [6, 6.07) is 0. The first-order valence-corrected chi connectivity index (χ1v) is 4.21. The van der Waals surface area contributed by atoms with Crippen LogP contribution in [0.2, 0.25) is 0 Å². The molecular formula is C5H7F5O2S. The number of halogens is 5. The molecule has 0 aromatic rings. The number of thiol groups is 1. The monoisotopic (exact) mass is 226 g/mol. The second-order valence-electron chi connectivity index (χ2n) is 2.89. The van der Waals surface area contributed by atoms with Crippen LogP contribution in [0.5, 0.6) is 0 Å². The van der Waals surface area contributed by atoms with Crippen molar-refractivity contribution in [1.29, 1.82) is 0 Å². The van der Waals surface area contributed by atoms with Gasteiger partial charge in [0.25, 0.3) is 0 Å². The lowest BCUT2D eigenvalue weighted by molar-refractivity contribution is -0.292. The van der Waals surface area contributed by atoms with E-state index < -0.39 is 27.6 Å². The molecule has 0 aliphatic heterocycles. The molecule has 0 heterocycles. The second-order valence-corrected chi connectivity index (χ2v) is 4.52. The zero-order chi connectivity index (χ0) is 11.1. The van der Waals surface area contributed by atoms with Crippen molar-refractivity contribution in [3.63, 3.8) is 0 Å². The van der Waals surface area contributed by atoms with Crippen LogP contribution in [0.15, 0.2) is 0 Å². The van der Waals surface area contributed by atoms with Gasteiger partial charge in [-0.15, -0.1) is 0 Å². The molecule has 0 aromatic heterocycles. The Morgan fingerprint density at radius 3 is 1.31 bits per heavy atom. The van der Waals surface area contributed by atoms with Crippen molar-refractivity contribution in [2.75, 3.05) is 0 Å². The molecule has 0 aliphatic carbocycles. The Kier molecular flexibility index (Phi) is 2.98. The summed E-state index contributed by atoms with van der Waals surface area (Å²) in [4.78, 5) is 0. The fourth-order valence-corrected chi connectivity index (χ4v) is 0.818. The van der Waals surface area contributed by atoms with Crippen LogP contribution in [0.3, 0.4) is 0 Å². The normalized spacial score (nSPS) is 15.1. The van der Waals surface area contributed by atoms with E-state index in [2.05, 4.69) is 0 Å². The summed E-state index contributed by atoms with van der Waals surface area (Å²) in [6.07, 6.45) is -5.86. The second kappa shape index (κ2) is 3.07. The summed E-state index contributed by atoms with van der Waals surface area (Å²) in [5.74, 6) is -5.24. The summed E-state index contributed by atoms with van der Waals surface area (Å²) in [6.45, 7) is 0.651. The van der Waals surface area contributed by atoms with Gasteiger partial charge in [0.2, 0.25) is 0 Å². The van der Waals surface area contributed by atoms with Crippen LogP contribution in [0, 0.1) is 0 Å². The first-order chi connectivity index (χ1) is 5.44. The van der Waals surface area contributed by atoms with Crippen molar-refractivity contribution in [2.24, 2.45) is 0 Å². The molecule has 8 heteroatoms. The lowest BCUT2D eigenvalue weighted by Crippen LogP contribution is -2.54.